The van der Waals surface area contributed by atoms with Gasteiger partial charge in [-0.05, 0) is 24.3 Å². The normalized spacial score (nSPS) is 10.4. The van der Waals surface area contributed by atoms with Gasteiger partial charge in [0.25, 0.3) is 0 Å². The summed E-state index contributed by atoms with van der Waals surface area (Å²) in [7, 11) is 1.71. The maximum atomic E-state index is 12.2. The molecular weight excluding hydrogens is 252 g/mol. The number of carbonyl (C=O) groups excluding carboxylic acids is 1. The van der Waals surface area contributed by atoms with Crippen LogP contribution in [0.5, 0.6) is 0 Å². The molecule has 0 unspecified atom stereocenters. The number of urea groups is 1. The molecule has 1 N–H and O–H groups in total. The molecule has 2 amide bonds. The van der Waals surface area contributed by atoms with Gasteiger partial charge in [-0.25, -0.2) is 10.2 Å². The molecular formula is C15H14N4O. The highest BCUT2D eigenvalue weighted by Gasteiger charge is 2.11. The summed E-state index contributed by atoms with van der Waals surface area (Å²) < 4.78 is 1.71. The number of anilines is 1. The molecule has 0 aliphatic rings. The van der Waals surface area contributed by atoms with Gasteiger partial charge < -0.3 is 0 Å². The van der Waals surface area contributed by atoms with Crippen LogP contribution in [0.25, 0.3) is 10.9 Å². The monoisotopic (exact) mass is 266 g/mol. The number of nitrogens with zero attached hydrogens (tertiary/aromatic N) is 3. The van der Waals surface area contributed by atoms with E-state index in [2.05, 4.69) is 10.4 Å². The lowest BCUT2D eigenvalue weighted by atomic mass is 10.3. The Bertz CT molecular complexity index is 736. The van der Waals surface area contributed by atoms with Crippen molar-refractivity contribution >= 4 is 22.6 Å². The molecule has 0 aliphatic carbocycles. The molecule has 2 heterocycles. The molecule has 3 aromatic rings. The lowest BCUT2D eigenvalue weighted by Gasteiger charge is -2.18. The van der Waals surface area contributed by atoms with Gasteiger partial charge in [0, 0.05) is 24.8 Å². The molecule has 0 radical (unpaired) electrons. The predicted molar refractivity (Wildman–Crippen MR) is 79.3 cm³/mol. The summed E-state index contributed by atoms with van der Waals surface area (Å²) in [5, 5.41) is 1.08. The Kier molecular flexibility index (Phi) is 3.09. The summed E-state index contributed by atoms with van der Waals surface area (Å²) in [5.74, 6) is 0. The lowest BCUT2D eigenvalue weighted by molar-refractivity contribution is 0.255. The SMILES string of the molecule is CN(C(=O)Nn1ccc2ccccc21)c1cccnc1. The molecule has 1 aromatic carbocycles. The molecule has 0 atom stereocenters. The van der Waals surface area contributed by atoms with Crippen LogP contribution in [0.3, 0.4) is 0 Å². The molecule has 0 saturated heterocycles. The van der Waals surface area contributed by atoms with Gasteiger partial charge in [0.1, 0.15) is 0 Å². The summed E-state index contributed by atoms with van der Waals surface area (Å²) in [6, 6.07) is 13.2. The predicted octanol–water partition coefficient (Wildman–Crippen LogP) is 2.84. The fraction of sp³-hybridized carbons (Fsp3) is 0.0667. The molecule has 0 fully saturated rings. The average Bonchev–Trinajstić information content (AvgIpc) is 2.91. The number of para-hydroxylation sites is 1. The number of fused-ring (bicyclic) bond motifs is 1. The van der Waals surface area contributed by atoms with Crippen molar-refractivity contribution in [2.75, 3.05) is 17.4 Å². The van der Waals surface area contributed by atoms with Gasteiger partial charge in [0.15, 0.2) is 0 Å². The van der Waals surface area contributed by atoms with Crippen molar-refractivity contribution in [3.63, 3.8) is 0 Å². The van der Waals surface area contributed by atoms with Crippen LogP contribution >= 0.6 is 0 Å². The van der Waals surface area contributed by atoms with E-state index in [9.17, 15) is 4.79 Å². The largest absolute Gasteiger partial charge is 0.340 e. The van der Waals surface area contributed by atoms with Crippen LogP contribution in [-0.2, 0) is 0 Å². The third kappa shape index (κ3) is 2.21. The molecule has 0 aliphatic heterocycles. The highest BCUT2D eigenvalue weighted by Crippen LogP contribution is 2.14. The van der Waals surface area contributed by atoms with E-state index < -0.39 is 0 Å². The van der Waals surface area contributed by atoms with E-state index in [-0.39, 0.29) is 6.03 Å². The minimum Gasteiger partial charge on any atom is -0.295 e. The first kappa shape index (κ1) is 12.2. The van der Waals surface area contributed by atoms with Gasteiger partial charge in [-0.3, -0.25) is 14.6 Å². The van der Waals surface area contributed by atoms with Gasteiger partial charge in [-0.15, -0.1) is 0 Å². The van der Waals surface area contributed by atoms with Crippen molar-refractivity contribution in [3.8, 4) is 0 Å². The van der Waals surface area contributed by atoms with Gasteiger partial charge >= 0.3 is 6.03 Å². The Hall–Kier alpha value is -2.82. The van der Waals surface area contributed by atoms with Crippen LogP contribution in [-0.4, -0.2) is 22.7 Å². The first-order valence-corrected chi connectivity index (χ1v) is 6.26. The minimum atomic E-state index is -0.223. The fourth-order valence-corrected chi connectivity index (χ4v) is 2.03. The molecule has 5 heteroatoms. The summed E-state index contributed by atoms with van der Waals surface area (Å²) in [6.07, 6.45) is 5.15. The molecule has 0 saturated carbocycles. The van der Waals surface area contributed by atoms with Crippen LogP contribution < -0.4 is 10.3 Å². The summed E-state index contributed by atoms with van der Waals surface area (Å²) in [6.45, 7) is 0. The van der Waals surface area contributed by atoms with Crippen molar-refractivity contribution in [2.45, 2.75) is 0 Å². The zero-order valence-electron chi connectivity index (χ0n) is 11.0. The second kappa shape index (κ2) is 5.05. The topological polar surface area (TPSA) is 50.2 Å². The fourth-order valence-electron chi connectivity index (χ4n) is 2.03. The van der Waals surface area contributed by atoms with E-state index in [1.807, 2.05) is 42.6 Å². The molecule has 20 heavy (non-hydrogen) atoms. The first-order chi connectivity index (χ1) is 9.75. The lowest BCUT2D eigenvalue weighted by Crippen LogP contribution is -2.35. The van der Waals surface area contributed by atoms with Crippen LogP contribution in [0.15, 0.2) is 61.1 Å². The Labute approximate surface area is 116 Å². The molecule has 100 valence electrons. The number of rotatable bonds is 2. The highest BCUT2D eigenvalue weighted by molar-refractivity contribution is 5.97. The van der Waals surface area contributed by atoms with Crippen LogP contribution in [0, 0.1) is 0 Å². The number of carbonyl (C=O) groups is 1. The number of hydrogen-bond acceptors (Lipinski definition) is 2. The number of nitrogens with one attached hydrogen (secondary N) is 1. The Morgan fingerprint density at radius 2 is 2.05 bits per heavy atom. The number of pyridine rings is 1. The van der Waals surface area contributed by atoms with Crippen molar-refractivity contribution in [1.82, 2.24) is 9.66 Å². The van der Waals surface area contributed by atoms with E-state index in [0.717, 1.165) is 16.6 Å². The standard InChI is InChI=1S/C15H14N4O/c1-18(13-6-4-9-16-11-13)15(20)17-19-10-8-12-5-2-3-7-14(12)19/h2-11H,1H3,(H,17,20). The van der Waals surface area contributed by atoms with E-state index in [0.29, 0.717) is 0 Å². The van der Waals surface area contributed by atoms with Crippen molar-refractivity contribution in [2.24, 2.45) is 0 Å². The number of hydrogen-bond donors (Lipinski definition) is 1. The molecule has 2 aromatic heterocycles. The maximum Gasteiger partial charge on any atom is 0.340 e. The van der Waals surface area contributed by atoms with Crippen molar-refractivity contribution in [3.05, 3.63) is 61.1 Å². The van der Waals surface area contributed by atoms with Gasteiger partial charge in [0.05, 0.1) is 17.4 Å². The zero-order valence-corrected chi connectivity index (χ0v) is 11.0. The molecule has 3 rings (SSSR count). The summed E-state index contributed by atoms with van der Waals surface area (Å²) in [4.78, 5) is 17.7. The third-order valence-electron chi connectivity index (χ3n) is 3.15. The smallest absolute Gasteiger partial charge is 0.295 e. The molecule has 0 spiro atoms. The summed E-state index contributed by atoms with van der Waals surface area (Å²) >= 11 is 0. The second-order valence-electron chi connectivity index (χ2n) is 4.43. The van der Waals surface area contributed by atoms with E-state index in [1.54, 1.807) is 30.2 Å². The van der Waals surface area contributed by atoms with Crippen LogP contribution in [0.1, 0.15) is 0 Å². The summed E-state index contributed by atoms with van der Waals surface area (Å²) in [5.41, 5.74) is 4.54. The van der Waals surface area contributed by atoms with E-state index in [1.165, 1.54) is 4.90 Å². The van der Waals surface area contributed by atoms with E-state index in [4.69, 9.17) is 0 Å². The zero-order chi connectivity index (χ0) is 13.9. The number of benzene rings is 1. The average molecular weight is 266 g/mol. The first-order valence-electron chi connectivity index (χ1n) is 6.26. The Morgan fingerprint density at radius 3 is 2.85 bits per heavy atom. The van der Waals surface area contributed by atoms with Gasteiger partial charge in [0.2, 0.25) is 0 Å². The van der Waals surface area contributed by atoms with Crippen molar-refractivity contribution in [1.29, 1.82) is 0 Å². The van der Waals surface area contributed by atoms with Gasteiger partial charge in [-0.2, -0.15) is 0 Å². The Balaban J connectivity index is 1.82. The minimum absolute atomic E-state index is 0.223. The molecule has 5 nitrogen and oxygen atoms in total. The maximum absolute atomic E-state index is 12.2. The number of amides is 2. The highest BCUT2D eigenvalue weighted by atomic mass is 16.2. The van der Waals surface area contributed by atoms with Crippen molar-refractivity contribution < 1.29 is 4.79 Å². The van der Waals surface area contributed by atoms with Gasteiger partial charge in [-0.1, -0.05) is 18.2 Å². The second-order valence-corrected chi connectivity index (χ2v) is 4.43. The van der Waals surface area contributed by atoms with Crippen LogP contribution in [0.4, 0.5) is 10.5 Å². The number of aromatic nitrogens is 2. The quantitative estimate of drug-likeness (QED) is 0.775. The molecule has 0 bridgehead atoms. The van der Waals surface area contributed by atoms with Crippen LogP contribution in [0.2, 0.25) is 0 Å². The van der Waals surface area contributed by atoms with E-state index >= 15 is 0 Å². The third-order valence-corrected chi connectivity index (χ3v) is 3.15. The Morgan fingerprint density at radius 1 is 1.20 bits per heavy atom.